The Morgan fingerprint density at radius 1 is 0.788 bits per heavy atom. The summed E-state index contributed by atoms with van der Waals surface area (Å²) in [6, 6.07) is 5.63. The molecule has 0 saturated heterocycles. The first-order chi connectivity index (χ1) is 15.0. The quantitative estimate of drug-likeness (QED) is 0.274. The van der Waals surface area contributed by atoms with E-state index in [9.17, 15) is 44.0 Å². The van der Waals surface area contributed by atoms with E-state index in [1.807, 2.05) is 0 Å². The van der Waals surface area contributed by atoms with Crippen LogP contribution in [0.3, 0.4) is 0 Å². The molecule has 0 aliphatic heterocycles. The van der Waals surface area contributed by atoms with Gasteiger partial charge in [-0.1, -0.05) is 17.7 Å². The molecule has 0 radical (unpaired) electrons. The normalized spacial score (nSPS) is 13.1. The molecule has 33 heavy (non-hydrogen) atoms. The van der Waals surface area contributed by atoms with Crippen molar-refractivity contribution in [3.63, 3.8) is 0 Å². The monoisotopic (exact) mass is 536 g/mol. The largest absolute Gasteiger partial charge is 0.504 e. The lowest BCUT2D eigenvalue weighted by Crippen LogP contribution is -2.01. The Morgan fingerprint density at radius 3 is 1.94 bits per heavy atom. The Labute approximate surface area is 192 Å². The predicted molar refractivity (Wildman–Crippen MR) is 115 cm³/mol. The van der Waals surface area contributed by atoms with Crippen LogP contribution in [0.2, 0.25) is 5.02 Å². The third-order valence-electron chi connectivity index (χ3n) is 4.37. The van der Waals surface area contributed by atoms with E-state index in [2.05, 4.69) is 10.2 Å². The van der Waals surface area contributed by atoms with Crippen molar-refractivity contribution in [2.24, 2.45) is 10.2 Å². The molecule has 0 bridgehead atoms. The van der Waals surface area contributed by atoms with Crippen molar-refractivity contribution in [3.8, 4) is 5.75 Å². The summed E-state index contributed by atoms with van der Waals surface area (Å²) in [5.74, 6) is -1.08. The molecule has 0 aliphatic carbocycles. The first-order valence-corrected chi connectivity index (χ1v) is 13.1. The second-order valence-corrected chi connectivity index (χ2v) is 11.3. The summed E-state index contributed by atoms with van der Waals surface area (Å²) in [5, 5.41) is 17.5. The second kappa shape index (κ2) is 8.28. The molecule has 0 amide bonds. The van der Waals surface area contributed by atoms with E-state index in [4.69, 9.17) is 11.6 Å². The molecule has 3 aromatic carbocycles. The molecular weight excluding hydrogens is 524 g/mol. The molecule has 16 heteroatoms. The van der Waals surface area contributed by atoms with Gasteiger partial charge < -0.3 is 5.11 Å². The Hall–Kier alpha value is -2.66. The number of rotatable bonds is 5. The fourth-order valence-corrected chi connectivity index (χ4v) is 4.80. The topological polar surface area (TPSA) is 208 Å². The van der Waals surface area contributed by atoms with E-state index >= 15 is 0 Å². The highest BCUT2D eigenvalue weighted by Gasteiger charge is 2.23. The lowest BCUT2D eigenvalue weighted by molar-refractivity contribution is 0.445. The lowest BCUT2D eigenvalue weighted by atomic mass is 10.1. The van der Waals surface area contributed by atoms with E-state index in [1.165, 1.54) is 6.92 Å². The number of hydrogen-bond acceptors (Lipinski definition) is 9. The number of aromatic hydroxyl groups is 1. The highest BCUT2D eigenvalue weighted by molar-refractivity contribution is 7.86. The van der Waals surface area contributed by atoms with E-state index in [0.717, 1.165) is 36.4 Å². The molecule has 0 aromatic heterocycles. The van der Waals surface area contributed by atoms with Gasteiger partial charge in [-0.2, -0.15) is 25.3 Å². The van der Waals surface area contributed by atoms with Crippen LogP contribution in [0.1, 0.15) is 5.56 Å². The van der Waals surface area contributed by atoms with Gasteiger partial charge in [-0.25, -0.2) is 0 Å². The molecule has 0 atom stereocenters. The van der Waals surface area contributed by atoms with Gasteiger partial charge in [0.05, 0.1) is 4.90 Å². The van der Waals surface area contributed by atoms with Crippen LogP contribution in [0.5, 0.6) is 5.75 Å². The molecule has 0 unspecified atom stereocenters. The minimum Gasteiger partial charge on any atom is -0.504 e. The zero-order chi connectivity index (χ0) is 24.9. The summed E-state index contributed by atoms with van der Waals surface area (Å²) < 4.78 is 97.7. The van der Waals surface area contributed by atoms with Crippen molar-refractivity contribution < 1.29 is 44.0 Å². The van der Waals surface area contributed by atoms with E-state index in [0.29, 0.717) is 0 Å². The molecule has 0 spiro atoms. The average Bonchev–Trinajstić information content (AvgIpc) is 2.66. The van der Waals surface area contributed by atoms with Crippen molar-refractivity contribution >= 4 is 64.1 Å². The Kier molecular flexibility index (Phi) is 6.27. The fraction of sp³-hybridized carbons (Fsp3) is 0.0588. The molecule has 4 N–H and O–H groups in total. The zero-order valence-corrected chi connectivity index (χ0v) is 19.4. The second-order valence-electron chi connectivity index (χ2n) is 6.65. The van der Waals surface area contributed by atoms with Gasteiger partial charge in [0, 0.05) is 10.4 Å². The number of nitrogens with zero attached hydrogens (tertiary/aromatic N) is 2. The number of phenols is 1. The third kappa shape index (κ3) is 5.14. The standard InChI is InChI=1S/C17H13ClN2O10S3/c1-8-4-14(32(25,26)27)13(7-12(8)18)19-20-16-11-3-2-10(31(22,23)24)5-9(11)6-15(17(16)21)33(28,29)30/h2-7,21H,1H3,(H,22,23,24)(H,25,26,27)(H,28,29,30). The zero-order valence-electron chi connectivity index (χ0n) is 16.2. The van der Waals surface area contributed by atoms with E-state index < -0.39 is 62.2 Å². The maximum Gasteiger partial charge on any atom is 0.298 e. The van der Waals surface area contributed by atoms with Crippen LogP contribution in [0.25, 0.3) is 10.8 Å². The summed E-state index contributed by atoms with van der Waals surface area (Å²) in [6.45, 7) is 1.46. The number of benzene rings is 3. The van der Waals surface area contributed by atoms with Gasteiger partial charge in [0.25, 0.3) is 30.4 Å². The number of azo groups is 1. The first-order valence-electron chi connectivity index (χ1n) is 8.44. The summed E-state index contributed by atoms with van der Waals surface area (Å²) in [4.78, 5) is -2.37. The van der Waals surface area contributed by atoms with Crippen LogP contribution in [0.15, 0.2) is 61.3 Å². The van der Waals surface area contributed by atoms with Gasteiger partial charge in [-0.3, -0.25) is 13.7 Å². The predicted octanol–water partition coefficient (Wildman–Crippen LogP) is 3.66. The molecule has 176 valence electrons. The maximum absolute atomic E-state index is 11.7. The summed E-state index contributed by atoms with van der Waals surface area (Å²) in [7, 11) is -14.5. The van der Waals surface area contributed by atoms with Crippen molar-refractivity contribution in [1.82, 2.24) is 0 Å². The summed E-state index contributed by atoms with van der Waals surface area (Å²) >= 11 is 5.97. The Morgan fingerprint density at radius 2 is 1.39 bits per heavy atom. The SMILES string of the molecule is Cc1cc(S(=O)(=O)O)c(N=Nc2c(O)c(S(=O)(=O)O)cc3cc(S(=O)(=O)O)ccc23)cc1Cl. The highest BCUT2D eigenvalue weighted by Crippen LogP contribution is 2.42. The molecule has 0 heterocycles. The fourth-order valence-electron chi connectivity index (χ4n) is 2.82. The van der Waals surface area contributed by atoms with Gasteiger partial charge in [0.2, 0.25) is 0 Å². The number of halogens is 1. The maximum atomic E-state index is 11.7. The van der Waals surface area contributed by atoms with Crippen molar-refractivity contribution in [3.05, 3.63) is 47.0 Å². The van der Waals surface area contributed by atoms with Gasteiger partial charge in [-0.15, -0.1) is 10.2 Å². The van der Waals surface area contributed by atoms with Gasteiger partial charge in [0.15, 0.2) is 5.75 Å². The van der Waals surface area contributed by atoms with E-state index in [-0.39, 0.29) is 21.4 Å². The Bertz CT molecular complexity index is 1670. The summed E-state index contributed by atoms with van der Waals surface area (Å²) in [5.41, 5.74) is -0.782. The van der Waals surface area contributed by atoms with Crippen LogP contribution in [0, 0.1) is 6.92 Å². The molecule has 0 aliphatic rings. The minimum atomic E-state index is -5.04. The van der Waals surface area contributed by atoms with Crippen LogP contribution < -0.4 is 0 Å². The molecule has 3 rings (SSSR count). The summed E-state index contributed by atoms with van der Waals surface area (Å²) in [6.07, 6.45) is 0. The van der Waals surface area contributed by atoms with Crippen LogP contribution >= 0.6 is 11.6 Å². The number of aryl methyl sites for hydroxylation is 1. The third-order valence-corrected chi connectivity index (χ3v) is 7.38. The smallest absolute Gasteiger partial charge is 0.298 e. The lowest BCUT2D eigenvalue weighted by Gasteiger charge is -2.10. The number of phenolic OH excluding ortho intramolecular Hbond substituents is 1. The van der Waals surface area contributed by atoms with Gasteiger partial charge >= 0.3 is 0 Å². The molecule has 0 fully saturated rings. The Balaban J connectivity index is 2.37. The van der Waals surface area contributed by atoms with Crippen LogP contribution in [-0.4, -0.2) is 44.0 Å². The van der Waals surface area contributed by atoms with E-state index in [1.54, 1.807) is 0 Å². The van der Waals surface area contributed by atoms with Crippen molar-refractivity contribution in [2.45, 2.75) is 21.6 Å². The molecule has 12 nitrogen and oxygen atoms in total. The van der Waals surface area contributed by atoms with Crippen molar-refractivity contribution in [1.29, 1.82) is 0 Å². The number of hydrogen-bond donors (Lipinski definition) is 4. The van der Waals surface area contributed by atoms with Crippen LogP contribution in [-0.2, 0) is 30.4 Å². The first kappa shape index (κ1) is 25.0. The average molecular weight is 537 g/mol. The number of fused-ring (bicyclic) bond motifs is 1. The van der Waals surface area contributed by atoms with Gasteiger partial charge in [-0.05, 0) is 48.2 Å². The highest BCUT2D eigenvalue weighted by atomic mass is 35.5. The minimum absolute atomic E-state index is 0.0508. The molecular formula is C17H13ClN2O10S3. The van der Waals surface area contributed by atoms with Gasteiger partial charge in [0.1, 0.15) is 21.2 Å². The van der Waals surface area contributed by atoms with Crippen LogP contribution in [0.4, 0.5) is 11.4 Å². The molecule has 3 aromatic rings. The van der Waals surface area contributed by atoms with Crippen molar-refractivity contribution in [2.75, 3.05) is 0 Å². The molecule has 0 saturated carbocycles.